The van der Waals surface area contributed by atoms with Crippen LogP contribution in [0.5, 0.6) is 0 Å². The third kappa shape index (κ3) is 2.31. The summed E-state index contributed by atoms with van der Waals surface area (Å²) in [5.41, 5.74) is 1.66. The van der Waals surface area contributed by atoms with Gasteiger partial charge in [-0.1, -0.05) is 0 Å². The maximum Gasteiger partial charge on any atom is 0.140 e. The number of pyridine rings is 1. The molecule has 2 unspecified atom stereocenters. The zero-order valence-electron chi connectivity index (χ0n) is 9.67. The molecule has 2 fully saturated rings. The zero-order valence-corrected chi connectivity index (χ0v) is 9.67. The lowest BCUT2D eigenvalue weighted by Gasteiger charge is -2.32. The highest BCUT2D eigenvalue weighted by Gasteiger charge is 2.33. The first-order valence-corrected chi connectivity index (χ1v) is 6.06. The van der Waals surface area contributed by atoms with Gasteiger partial charge in [0, 0.05) is 25.8 Å². The Labute approximate surface area is 101 Å². The minimum atomic E-state index is 0.422. The second-order valence-corrected chi connectivity index (χ2v) is 4.81. The summed E-state index contributed by atoms with van der Waals surface area (Å²) in [6, 6.07) is 5.94. The summed E-state index contributed by atoms with van der Waals surface area (Å²) in [4.78, 5) is 6.41. The third-order valence-corrected chi connectivity index (χ3v) is 3.46. The number of rotatable bonds is 2. The number of hydrogen-bond acceptors (Lipinski definition) is 4. The smallest absolute Gasteiger partial charge is 0.140 e. The van der Waals surface area contributed by atoms with Gasteiger partial charge >= 0.3 is 0 Å². The number of ether oxygens (including phenoxy) is 1. The van der Waals surface area contributed by atoms with E-state index in [9.17, 15) is 0 Å². The number of nitrogens with zero attached hydrogens (tertiary/aromatic N) is 3. The van der Waals surface area contributed by atoms with Gasteiger partial charge in [-0.05, 0) is 30.5 Å². The van der Waals surface area contributed by atoms with Crippen LogP contribution in [0, 0.1) is 11.3 Å². The van der Waals surface area contributed by atoms with Crippen molar-refractivity contribution >= 4 is 0 Å². The van der Waals surface area contributed by atoms with Gasteiger partial charge in [-0.25, -0.2) is 4.98 Å². The number of morpholine rings is 1. The van der Waals surface area contributed by atoms with Gasteiger partial charge < -0.3 is 4.74 Å². The van der Waals surface area contributed by atoms with E-state index in [1.165, 1.54) is 12.8 Å². The van der Waals surface area contributed by atoms with E-state index in [0.29, 0.717) is 17.9 Å². The van der Waals surface area contributed by atoms with Crippen LogP contribution in [0.2, 0.25) is 0 Å². The fourth-order valence-electron chi connectivity index (χ4n) is 2.72. The highest BCUT2D eigenvalue weighted by molar-refractivity contribution is 5.25. The minimum absolute atomic E-state index is 0.422. The molecule has 0 radical (unpaired) electrons. The van der Waals surface area contributed by atoms with E-state index >= 15 is 0 Å². The van der Waals surface area contributed by atoms with Gasteiger partial charge in [0.2, 0.25) is 0 Å². The van der Waals surface area contributed by atoms with Crippen LogP contribution in [0.3, 0.4) is 0 Å². The molecule has 1 aromatic rings. The van der Waals surface area contributed by atoms with Gasteiger partial charge in [-0.15, -0.1) is 0 Å². The first-order chi connectivity index (χ1) is 8.33. The van der Waals surface area contributed by atoms with E-state index in [2.05, 4.69) is 16.0 Å². The fourth-order valence-corrected chi connectivity index (χ4v) is 2.72. The normalized spacial score (nSPS) is 27.9. The topological polar surface area (TPSA) is 49.2 Å². The van der Waals surface area contributed by atoms with Crippen LogP contribution in [-0.4, -0.2) is 35.2 Å². The lowest BCUT2D eigenvalue weighted by Crippen LogP contribution is -2.41. The second-order valence-electron chi connectivity index (χ2n) is 4.81. The van der Waals surface area contributed by atoms with Gasteiger partial charge in [0.1, 0.15) is 11.8 Å². The van der Waals surface area contributed by atoms with Crippen LogP contribution in [0.4, 0.5) is 0 Å². The third-order valence-electron chi connectivity index (χ3n) is 3.46. The molecule has 0 spiro atoms. The number of fused-ring (bicyclic) bond motifs is 2. The van der Waals surface area contributed by atoms with Gasteiger partial charge in [0.05, 0.1) is 12.2 Å². The molecular formula is C13H15N3O. The number of hydrogen-bond donors (Lipinski definition) is 0. The van der Waals surface area contributed by atoms with Crippen molar-refractivity contribution in [2.45, 2.75) is 31.6 Å². The summed E-state index contributed by atoms with van der Waals surface area (Å²) in [5, 5.41) is 8.82. The van der Waals surface area contributed by atoms with Crippen LogP contribution in [0.1, 0.15) is 24.1 Å². The molecule has 17 heavy (non-hydrogen) atoms. The molecule has 3 rings (SSSR count). The van der Waals surface area contributed by atoms with Crippen molar-refractivity contribution < 1.29 is 4.74 Å². The summed E-state index contributed by atoms with van der Waals surface area (Å²) >= 11 is 0. The van der Waals surface area contributed by atoms with Gasteiger partial charge in [0.15, 0.2) is 0 Å². The Bertz CT molecular complexity index is 442. The zero-order chi connectivity index (χ0) is 11.7. The van der Waals surface area contributed by atoms with Crippen molar-refractivity contribution in [3.63, 3.8) is 0 Å². The molecule has 2 bridgehead atoms. The molecule has 2 aliphatic heterocycles. The van der Waals surface area contributed by atoms with Crippen LogP contribution in [0.15, 0.2) is 18.3 Å². The van der Waals surface area contributed by atoms with Crippen molar-refractivity contribution in [3.05, 3.63) is 29.6 Å². The molecule has 0 aromatic carbocycles. The van der Waals surface area contributed by atoms with Crippen molar-refractivity contribution in [2.75, 3.05) is 13.1 Å². The highest BCUT2D eigenvalue weighted by atomic mass is 16.5. The predicted molar refractivity (Wildman–Crippen MR) is 62.1 cm³/mol. The van der Waals surface area contributed by atoms with Crippen LogP contribution >= 0.6 is 0 Å². The van der Waals surface area contributed by atoms with Crippen molar-refractivity contribution in [2.24, 2.45) is 0 Å². The molecule has 3 heterocycles. The minimum Gasteiger partial charge on any atom is -0.372 e. The molecule has 0 aliphatic carbocycles. The van der Waals surface area contributed by atoms with E-state index in [4.69, 9.17) is 10.00 Å². The average Bonchev–Trinajstić information content (AvgIpc) is 2.69. The molecule has 0 saturated carbocycles. The van der Waals surface area contributed by atoms with E-state index < -0.39 is 0 Å². The Hall–Kier alpha value is -1.44. The monoisotopic (exact) mass is 229 g/mol. The number of likely N-dealkylation sites (tertiary alicyclic amines) is 1. The average molecular weight is 229 g/mol. The molecular weight excluding hydrogens is 214 g/mol. The van der Waals surface area contributed by atoms with Crippen LogP contribution < -0.4 is 0 Å². The van der Waals surface area contributed by atoms with E-state index in [-0.39, 0.29) is 0 Å². The van der Waals surface area contributed by atoms with Crippen molar-refractivity contribution in [3.8, 4) is 6.07 Å². The van der Waals surface area contributed by atoms with E-state index in [0.717, 1.165) is 25.2 Å². The summed E-state index contributed by atoms with van der Waals surface area (Å²) in [6.45, 7) is 2.93. The Morgan fingerprint density at radius 2 is 2.18 bits per heavy atom. The molecule has 88 valence electrons. The SMILES string of the molecule is N#Cc1cc(CN2CC3CCC(C2)O3)ccn1. The number of nitriles is 1. The van der Waals surface area contributed by atoms with Gasteiger partial charge in [-0.2, -0.15) is 5.26 Å². The summed E-state index contributed by atoms with van der Waals surface area (Å²) in [6.07, 6.45) is 4.95. The first-order valence-electron chi connectivity index (χ1n) is 6.06. The first kappa shape index (κ1) is 10.7. The molecule has 0 amide bonds. The largest absolute Gasteiger partial charge is 0.372 e. The lowest BCUT2D eigenvalue weighted by molar-refractivity contribution is -0.0410. The molecule has 2 atom stereocenters. The molecule has 2 aliphatic rings. The van der Waals surface area contributed by atoms with Gasteiger partial charge in [-0.3, -0.25) is 4.90 Å². The van der Waals surface area contributed by atoms with Crippen molar-refractivity contribution in [1.82, 2.24) is 9.88 Å². The van der Waals surface area contributed by atoms with Gasteiger partial charge in [0.25, 0.3) is 0 Å². The maximum absolute atomic E-state index is 8.82. The molecule has 1 aromatic heterocycles. The Balaban J connectivity index is 1.68. The quantitative estimate of drug-likeness (QED) is 0.767. The Morgan fingerprint density at radius 1 is 1.41 bits per heavy atom. The summed E-state index contributed by atoms with van der Waals surface area (Å²) in [5.74, 6) is 0. The summed E-state index contributed by atoms with van der Waals surface area (Å²) < 4.78 is 5.80. The van der Waals surface area contributed by atoms with E-state index in [1.54, 1.807) is 6.20 Å². The molecule has 0 N–H and O–H groups in total. The molecule has 4 heteroatoms. The predicted octanol–water partition coefficient (Wildman–Crippen LogP) is 1.32. The lowest BCUT2D eigenvalue weighted by atomic mass is 10.2. The number of aromatic nitrogens is 1. The van der Waals surface area contributed by atoms with Crippen molar-refractivity contribution in [1.29, 1.82) is 5.26 Å². The van der Waals surface area contributed by atoms with E-state index in [1.807, 2.05) is 12.1 Å². The molecule has 4 nitrogen and oxygen atoms in total. The Kier molecular flexibility index (Phi) is 2.79. The maximum atomic E-state index is 8.82. The van der Waals surface area contributed by atoms with Crippen LogP contribution in [0.25, 0.3) is 0 Å². The fraction of sp³-hybridized carbons (Fsp3) is 0.538. The highest BCUT2D eigenvalue weighted by Crippen LogP contribution is 2.27. The Morgan fingerprint density at radius 3 is 2.88 bits per heavy atom. The second kappa shape index (κ2) is 4.44. The molecule has 2 saturated heterocycles. The standard InChI is InChI=1S/C13H15N3O/c14-6-11-5-10(3-4-15-11)7-16-8-12-1-2-13(9-16)17-12/h3-5,12-13H,1-2,7-9H2. The van der Waals surface area contributed by atoms with Crippen LogP contribution in [-0.2, 0) is 11.3 Å². The summed E-state index contributed by atoms with van der Waals surface area (Å²) in [7, 11) is 0.